The molecular weight excluding hydrogens is 320 g/mol. The first-order valence-electron chi connectivity index (χ1n) is 8.07. The standard InChI is InChI=1S/C17H18N6O2/c18-15-20-16(22-8-10-25-11-9-22)21-23(15)17(24)19-14-7-3-5-12-4-1-2-6-13(12)14/h1-7H,8-11H2,(H,19,24)(H2,18,20,21). The van der Waals surface area contributed by atoms with Gasteiger partial charge in [0.1, 0.15) is 0 Å². The third-order valence-corrected chi connectivity index (χ3v) is 4.14. The van der Waals surface area contributed by atoms with Crippen LogP contribution in [-0.4, -0.2) is 47.1 Å². The summed E-state index contributed by atoms with van der Waals surface area (Å²) in [4.78, 5) is 18.7. The topological polar surface area (TPSA) is 98.3 Å². The number of anilines is 3. The zero-order valence-electron chi connectivity index (χ0n) is 13.6. The second kappa shape index (κ2) is 6.40. The van der Waals surface area contributed by atoms with E-state index in [1.165, 1.54) is 0 Å². The number of amides is 1. The van der Waals surface area contributed by atoms with Crippen molar-refractivity contribution >= 4 is 34.4 Å². The highest BCUT2D eigenvalue weighted by molar-refractivity contribution is 6.02. The lowest BCUT2D eigenvalue weighted by atomic mass is 10.1. The first kappa shape index (κ1) is 15.4. The van der Waals surface area contributed by atoms with Crippen LogP contribution in [0.1, 0.15) is 0 Å². The SMILES string of the molecule is Nc1nc(N2CCOCC2)nn1C(=O)Nc1cccc2ccccc12. The van der Waals surface area contributed by atoms with Crippen LogP contribution in [0, 0.1) is 0 Å². The van der Waals surface area contributed by atoms with Crippen molar-refractivity contribution in [1.82, 2.24) is 14.8 Å². The average molecular weight is 338 g/mol. The number of aromatic nitrogens is 3. The Hall–Kier alpha value is -3.13. The third kappa shape index (κ3) is 2.99. The molecule has 25 heavy (non-hydrogen) atoms. The summed E-state index contributed by atoms with van der Waals surface area (Å²) in [6.07, 6.45) is 0. The highest BCUT2D eigenvalue weighted by Gasteiger charge is 2.20. The van der Waals surface area contributed by atoms with Crippen molar-refractivity contribution in [2.45, 2.75) is 0 Å². The molecular formula is C17H18N6O2. The summed E-state index contributed by atoms with van der Waals surface area (Å²) in [5.74, 6) is 0.494. The summed E-state index contributed by atoms with van der Waals surface area (Å²) in [7, 11) is 0. The molecule has 1 aliphatic heterocycles. The van der Waals surface area contributed by atoms with Gasteiger partial charge in [-0.15, -0.1) is 9.78 Å². The maximum absolute atomic E-state index is 12.6. The van der Waals surface area contributed by atoms with Crippen molar-refractivity contribution in [3.05, 3.63) is 42.5 Å². The Labute approximate surface area is 144 Å². The normalized spacial score (nSPS) is 14.6. The van der Waals surface area contributed by atoms with Crippen LogP contribution < -0.4 is 16.0 Å². The molecule has 0 aliphatic carbocycles. The van der Waals surface area contributed by atoms with E-state index < -0.39 is 6.03 Å². The molecule has 1 aromatic heterocycles. The van der Waals surface area contributed by atoms with Gasteiger partial charge in [-0.05, 0) is 11.5 Å². The van der Waals surface area contributed by atoms with E-state index in [9.17, 15) is 4.79 Å². The fraction of sp³-hybridized carbons (Fsp3) is 0.235. The molecule has 0 unspecified atom stereocenters. The van der Waals surface area contributed by atoms with Gasteiger partial charge in [0.05, 0.1) is 18.9 Å². The summed E-state index contributed by atoms with van der Waals surface area (Å²) in [6.45, 7) is 2.57. The minimum atomic E-state index is -0.444. The van der Waals surface area contributed by atoms with Crippen molar-refractivity contribution < 1.29 is 9.53 Å². The second-order valence-corrected chi connectivity index (χ2v) is 5.74. The van der Waals surface area contributed by atoms with Gasteiger partial charge in [0.2, 0.25) is 11.9 Å². The lowest BCUT2D eigenvalue weighted by Gasteiger charge is -2.25. The predicted octanol–water partition coefficient (Wildman–Crippen LogP) is 1.93. The molecule has 0 saturated carbocycles. The molecule has 1 fully saturated rings. The lowest BCUT2D eigenvalue weighted by molar-refractivity contribution is 0.122. The maximum atomic E-state index is 12.6. The van der Waals surface area contributed by atoms with E-state index in [0.717, 1.165) is 15.5 Å². The molecule has 3 aromatic rings. The Morgan fingerprint density at radius 2 is 1.88 bits per heavy atom. The minimum absolute atomic E-state index is 0.0548. The van der Waals surface area contributed by atoms with Gasteiger partial charge in [-0.1, -0.05) is 36.4 Å². The van der Waals surface area contributed by atoms with E-state index in [4.69, 9.17) is 10.5 Å². The quantitative estimate of drug-likeness (QED) is 0.741. The number of nitrogens with zero attached hydrogens (tertiary/aromatic N) is 4. The fourth-order valence-corrected chi connectivity index (χ4v) is 2.86. The predicted molar refractivity (Wildman–Crippen MR) is 95.8 cm³/mol. The Bertz CT molecular complexity index is 911. The molecule has 8 nitrogen and oxygen atoms in total. The van der Waals surface area contributed by atoms with Crippen molar-refractivity contribution in [3.63, 3.8) is 0 Å². The van der Waals surface area contributed by atoms with Gasteiger partial charge in [0.25, 0.3) is 0 Å². The van der Waals surface area contributed by atoms with Crippen LogP contribution in [0.3, 0.4) is 0 Å². The third-order valence-electron chi connectivity index (χ3n) is 4.14. The van der Waals surface area contributed by atoms with Gasteiger partial charge < -0.3 is 20.7 Å². The van der Waals surface area contributed by atoms with Gasteiger partial charge in [0.15, 0.2) is 0 Å². The van der Waals surface area contributed by atoms with E-state index in [1.54, 1.807) is 0 Å². The molecule has 1 amide bonds. The number of carbonyl (C=O) groups excluding carboxylic acids is 1. The first-order valence-corrected chi connectivity index (χ1v) is 8.07. The summed E-state index contributed by atoms with van der Waals surface area (Å²) in [5.41, 5.74) is 6.59. The molecule has 1 aliphatic rings. The molecule has 0 radical (unpaired) electrons. The first-order chi connectivity index (χ1) is 12.2. The molecule has 2 heterocycles. The average Bonchev–Trinajstić information content (AvgIpc) is 3.05. The van der Waals surface area contributed by atoms with E-state index in [2.05, 4.69) is 15.4 Å². The molecule has 4 rings (SSSR count). The number of carbonyl (C=O) groups is 1. The molecule has 8 heteroatoms. The number of hydrogen-bond donors (Lipinski definition) is 2. The van der Waals surface area contributed by atoms with Gasteiger partial charge in [-0.3, -0.25) is 0 Å². The number of nitrogens with two attached hydrogens (primary N) is 1. The highest BCUT2D eigenvalue weighted by atomic mass is 16.5. The van der Waals surface area contributed by atoms with Crippen molar-refractivity contribution in [2.75, 3.05) is 42.3 Å². The van der Waals surface area contributed by atoms with Crippen LogP contribution in [0.5, 0.6) is 0 Å². The molecule has 0 spiro atoms. The lowest BCUT2D eigenvalue weighted by Crippen LogP contribution is -2.37. The molecule has 128 valence electrons. The van der Waals surface area contributed by atoms with Gasteiger partial charge >= 0.3 is 6.03 Å². The Morgan fingerprint density at radius 1 is 1.12 bits per heavy atom. The molecule has 3 N–H and O–H groups in total. The van der Waals surface area contributed by atoms with E-state index in [0.29, 0.717) is 37.9 Å². The Balaban J connectivity index is 1.59. The van der Waals surface area contributed by atoms with Crippen LogP contribution in [0.2, 0.25) is 0 Å². The van der Waals surface area contributed by atoms with Gasteiger partial charge in [0, 0.05) is 18.5 Å². The smallest absolute Gasteiger partial charge is 0.349 e. The van der Waals surface area contributed by atoms with Crippen LogP contribution in [0.25, 0.3) is 10.8 Å². The number of ether oxygens (including phenoxy) is 1. The van der Waals surface area contributed by atoms with Gasteiger partial charge in [-0.25, -0.2) is 4.79 Å². The van der Waals surface area contributed by atoms with E-state index in [1.807, 2.05) is 47.4 Å². The molecule has 1 saturated heterocycles. The second-order valence-electron chi connectivity index (χ2n) is 5.74. The van der Waals surface area contributed by atoms with Crippen LogP contribution in [-0.2, 0) is 4.74 Å². The summed E-state index contributed by atoms with van der Waals surface area (Å²) in [6, 6.07) is 13.1. The number of nitrogens with one attached hydrogen (secondary N) is 1. The van der Waals surface area contributed by atoms with Gasteiger partial charge in [-0.2, -0.15) is 4.98 Å². The minimum Gasteiger partial charge on any atom is -0.378 e. The summed E-state index contributed by atoms with van der Waals surface area (Å²) in [5, 5.41) is 9.10. The van der Waals surface area contributed by atoms with Crippen molar-refractivity contribution in [1.29, 1.82) is 0 Å². The van der Waals surface area contributed by atoms with Crippen LogP contribution >= 0.6 is 0 Å². The number of benzene rings is 2. The monoisotopic (exact) mass is 338 g/mol. The zero-order chi connectivity index (χ0) is 17.2. The van der Waals surface area contributed by atoms with Crippen LogP contribution in [0.4, 0.5) is 22.4 Å². The van der Waals surface area contributed by atoms with Crippen LogP contribution in [0.15, 0.2) is 42.5 Å². The molecule has 0 atom stereocenters. The summed E-state index contributed by atoms with van der Waals surface area (Å²) < 4.78 is 6.40. The van der Waals surface area contributed by atoms with E-state index in [-0.39, 0.29) is 5.95 Å². The number of hydrogen-bond acceptors (Lipinski definition) is 6. The fourth-order valence-electron chi connectivity index (χ4n) is 2.86. The number of rotatable bonds is 2. The Morgan fingerprint density at radius 3 is 2.72 bits per heavy atom. The zero-order valence-corrected chi connectivity index (χ0v) is 13.6. The molecule has 0 bridgehead atoms. The maximum Gasteiger partial charge on any atom is 0.349 e. The number of fused-ring (bicyclic) bond motifs is 1. The van der Waals surface area contributed by atoms with Crippen molar-refractivity contribution in [2.24, 2.45) is 0 Å². The molecule has 2 aromatic carbocycles. The van der Waals surface area contributed by atoms with E-state index >= 15 is 0 Å². The van der Waals surface area contributed by atoms with Crippen molar-refractivity contribution in [3.8, 4) is 0 Å². The number of nitrogen functional groups attached to an aromatic ring is 1. The number of morpholine rings is 1. The Kier molecular flexibility index (Phi) is 3.95. The highest BCUT2D eigenvalue weighted by Crippen LogP contribution is 2.23. The largest absolute Gasteiger partial charge is 0.378 e. The summed E-state index contributed by atoms with van der Waals surface area (Å²) >= 11 is 0.